The number of β-amino-alcohol motifs (C(OH)–C–C–N with tert-alkyl or cyclic N) is 1. The van der Waals surface area contributed by atoms with Gasteiger partial charge in [-0.25, -0.2) is 0 Å². The summed E-state index contributed by atoms with van der Waals surface area (Å²) in [5.41, 5.74) is -1.01. The lowest BCUT2D eigenvalue weighted by atomic mass is 10.1. The quantitative estimate of drug-likeness (QED) is 0.776. The van der Waals surface area contributed by atoms with Gasteiger partial charge in [0.1, 0.15) is 6.04 Å². The van der Waals surface area contributed by atoms with E-state index < -0.39 is 36.1 Å². The van der Waals surface area contributed by atoms with Crippen LogP contribution in [0.1, 0.15) is 20.3 Å². The van der Waals surface area contributed by atoms with Crippen LogP contribution in [-0.4, -0.2) is 65.3 Å². The molecular formula is C16H22F4N4O3. The fourth-order valence-corrected chi connectivity index (χ4v) is 3.54. The first-order valence-electron chi connectivity index (χ1n) is 8.77. The summed E-state index contributed by atoms with van der Waals surface area (Å²) in [5, 5.41) is 9.67. The van der Waals surface area contributed by atoms with Crippen molar-refractivity contribution in [2.45, 2.75) is 51.2 Å². The highest BCUT2D eigenvalue weighted by Crippen LogP contribution is 2.35. The van der Waals surface area contributed by atoms with Crippen molar-refractivity contribution in [3.63, 3.8) is 0 Å². The summed E-state index contributed by atoms with van der Waals surface area (Å²) in [6.07, 6.45) is -6.08. The molecule has 1 aromatic rings. The second kappa shape index (κ2) is 7.27. The molecule has 3 atom stereocenters. The molecule has 0 radical (unpaired) electrons. The Kier molecular flexibility index (Phi) is 5.35. The van der Waals surface area contributed by atoms with Crippen molar-refractivity contribution in [2.75, 3.05) is 36.1 Å². The van der Waals surface area contributed by atoms with Crippen molar-refractivity contribution < 1.29 is 27.4 Å². The molecule has 2 aliphatic heterocycles. The molecule has 1 unspecified atom stereocenters. The van der Waals surface area contributed by atoms with E-state index in [1.54, 1.807) is 6.92 Å². The van der Waals surface area contributed by atoms with Crippen LogP contribution >= 0.6 is 0 Å². The Morgan fingerprint density at radius 3 is 2.67 bits per heavy atom. The third kappa shape index (κ3) is 3.75. The van der Waals surface area contributed by atoms with Gasteiger partial charge in [-0.05, 0) is 20.3 Å². The highest BCUT2D eigenvalue weighted by Gasteiger charge is 2.47. The number of ether oxygens (including phenoxy) is 1. The molecule has 27 heavy (non-hydrogen) atoms. The Balaban J connectivity index is 2.12. The summed E-state index contributed by atoms with van der Waals surface area (Å²) < 4.78 is 61.4. The van der Waals surface area contributed by atoms with Gasteiger partial charge in [-0.15, -0.1) is 0 Å². The lowest BCUT2D eigenvalue weighted by Crippen LogP contribution is -2.55. The van der Waals surface area contributed by atoms with E-state index in [1.807, 2.05) is 0 Å². The van der Waals surface area contributed by atoms with Gasteiger partial charge in [0.2, 0.25) is 11.8 Å². The molecule has 0 bridgehead atoms. The molecule has 1 N–H and O–H groups in total. The third-order valence-corrected chi connectivity index (χ3v) is 4.81. The Hall–Kier alpha value is -1.88. The first-order valence-corrected chi connectivity index (χ1v) is 8.77. The van der Waals surface area contributed by atoms with Crippen LogP contribution in [0.4, 0.5) is 29.3 Å². The molecule has 0 spiro atoms. The van der Waals surface area contributed by atoms with Crippen molar-refractivity contribution in [3.05, 3.63) is 16.2 Å². The summed E-state index contributed by atoms with van der Waals surface area (Å²) >= 11 is 0. The van der Waals surface area contributed by atoms with E-state index in [9.17, 15) is 27.5 Å². The van der Waals surface area contributed by atoms with Crippen molar-refractivity contribution in [1.82, 2.24) is 9.55 Å². The maximum atomic E-state index is 14.7. The lowest BCUT2D eigenvalue weighted by Gasteiger charge is -2.41. The zero-order valence-electron chi connectivity index (χ0n) is 15.0. The third-order valence-electron chi connectivity index (χ3n) is 4.81. The van der Waals surface area contributed by atoms with Crippen molar-refractivity contribution in [2.24, 2.45) is 0 Å². The van der Waals surface area contributed by atoms with E-state index in [2.05, 4.69) is 4.98 Å². The van der Waals surface area contributed by atoms with Gasteiger partial charge in [0.15, 0.2) is 5.82 Å². The van der Waals surface area contributed by atoms with Gasteiger partial charge in [-0.1, -0.05) is 0 Å². The molecule has 3 rings (SSSR count). The molecule has 0 aromatic carbocycles. The minimum absolute atomic E-state index is 0.271. The smallest absolute Gasteiger partial charge is 0.392 e. The van der Waals surface area contributed by atoms with Crippen LogP contribution in [0.3, 0.4) is 0 Å². The van der Waals surface area contributed by atoms with Crippen LogP contribution in [0, 0.1) is 5.82 Å². The molecule has 7 nitrogen and oxygen atoms in total. The normalized spacial score (nSPS) is 24.7. The average molecular weight is 394 g/mol. The number of fused-ring (bicyclic) bond motifs is 1. The predicted molar refractivity (Wildman–Crippen MR) is 89.6 cm³/mol. The van der Waals surface area contributed by atoms with Gasteiger partial charge in [0.05, 0.1) is 25.4 Å². The number of aromatic nitrogens is 2. The zero-order chi connectivity index (χ0) is 19.9. The summed E-state index contributed by atoms with van der Waals surface area (Å²) in [5.74, 6) is -1.64. The summed E-state index contributed by atoms with van der Waals surface area (Å²) in [7, 11) is 0. The van der Waals surface area contributed by atoms with Gasteiger partial charge >= 0.3 is 6.18 Å². The monoisotopic (exact) mass is 394 g/mol. The molecule has 0 saturated carbocycles. The van der Waals surface area contributed by atoms with E-state index in [-0.39, 0.29) is 37.4 Å². The molecule has 1 saturated heterocycles. The SMILES string of the molecule is CC(O)CN1c2nc(N3CCOC[C@H]3C)c(F)c(=O)n2CC[C@H]1C(F)(F)F. The lowest BCUT2D eigenvalue weighted by molar-refractivity contribution is -0.153. The van der Waals surface area contributed by atoms with E-state index in [1.165, 1.54) is 11.8 Å². The highest BCUT2D eigenvalue weighted by atomic mass is 19.4. The summed E-state index contributed by atoms with van der Waals surface area (Å²) in [6, 6.07) is -2.19. The Labute approximate surface area is 153 Å². The number of nitrogens with zero attached hydrogens (tertiary/aromatic N) is 4. The number of aliphatic hydroxyl groups excluding tert-OH is 1. The highest BCUT2D eigenvalue weighted by molar-refractivity contribution is 5.48. The number of morpholine rings is 1. The Bertz CT molecular complexity index is 752. The maximum Gasteiger partial charge on any atom is 0.408 e. The molecule has 3 heterocycles. The fraction of sp³-hybridized carbons (Fsp3) is 0.750. The van der Waals surface area contributed by atoms with E-state index >= 15 is 0 Å². The number of halogens is 4. The Morgan fingerprint density at radius 1 is 1.37 bits per heavy atom. The Morgan fingerprint density at radius 2 is 2.07 bits per heavy atom. The van der Waals surface area contributed by atoms with Crippen LogP contribution in [0.2, 0.25) is 0 Å². The van der Waals surface area contributed by atoms with Gasteiger partial charge in [-0.2, -0.15) is 22.5 Å². The van der Waals surface area contributed by atoms with Crippen LogP contribution < -0.4 is 15.4 Å². The molecular weight excluding hydrogens is 372 g/mol. The molecule has 0 aliphatic carbocycles. The number of rotatable bonds is 3. The molecule has 152 valence electrons. The van der Waals surface area contributed by atoms with Gasteiger partial charge in [0, 0.05) is 19.6 Å². The minimum atomic E-state index is -4.57. The fourth-order valence-electron chi connectivity index (χ4n) is 3.54. The maximum absolute atomic E-state index is 14.7. The largest absolute Gasteiger partial charge is 0.408 e. The van der Waals surface area contributed by atoms with Gasteiger partial charge in [0.25, 0.3) is 5.56 Å². The molecule has 0 amide bonds. The van der Waals surface area contributed by atoms with Crippen LogP contribution in [0.25, 0.3) is 0 Å². The van der Waals surface area contributed by atoms with Crippen LogP contribution in [0.5, 0.6) is 0 Å². The van der Waals surface area contributed by atoms with Crippen molar-refractivity contribution >= 4 is 11.8 Å². The predicted octanol–water partition coefficient (Wildman–Crippen LogP) is 1.13. The topological polar surface area (TPSA) is 70.8 Å². The first-order chi connectivity index (χ1) is 12.6. The number of alkyl halides is 3. The second-order valence-electron chi connectivity index (χ2n) is 6.97. The molecule has 2 aliphatic rings. The number of anilines is 2. The molecule has 1 aromatic heterocycles. The molecule has 11 heteroatoms. The van der Waals surface area contributed by atoms with Crippen molar-refractivity contribution in [1.29, 1.82) is 0 Å². The zero-order valence-corrected chi connectivity index (χ0v) is 15.0. The number of aliphatic hydroxyl groups is 1. The number of hydrogen-bond donors (Lipinski definition) is 1. The van der Waals surface area contributed by atoms with Gasteiger partial charge < -0.3 is 19.6 Å². The van der Waals surface area contributed by atoms with Crippen LogP contribution in [-0.2, 0) is 11.3 Å². The van der Waals surface area contributed by atoms with Crippen molar-refractivity contribution in [3.8, 4) is 0 Å². The standard InChI is InChI=1S/C16H22F4N4O3/c1-9-8-27-6-5-22(9)13-12(17)14(26)23-4-3-11(16(18,19)20)24(7-10(2)25)15(23)21-13/h9-11,25H,3-8H2,1-2H3/t9-,10?,11+/m1/s1. The second-order valence-corrected chi connectivity index (χ2v) is 6.97. The van der Waals surface area contributed by atoms with Gasteiger partial charge in [-0.3, -0.25) is 9.36 Å². The average Bonchev–Trinajstić information content (AvgIpc) is 2.57. The summed E-state index contributed by atoms with van der Waals surface area (Å²) in [6.45, 7) is 3.29. The first kappa shape index (κ1) is 19.9. The van der Waals surface area contributed by atoms with Crippen LogP contribution in [0.15, 0.2) is 4.79 Å². The summed E-state index contributed by atoms with van der Waals surface area (Å²) in [4.78, 5) is 19.0. The molecule has 1 fully saturated rings. The van der Waals surface area contributed by atoms with E-state index in [4.69, 9.17) is 4.74 Å². The van der Waals surface area contributed by atoms with E-state index in [0.29, 0.717) is 13.2 Å². The van der Waals surface area contributed by atoms with E-state index in [0.717, 1.165) is 9.47 Å². The number of hydrogen-bond acceptors (Lipinski definition) is 6. The minimum Gasteiger partial charge on any atom is -0.392 e.